The topological polar surface area (TPSA) is 38.0 Å². The third-order valence-corrected chi connectivity index (χ3v) is 4.90. The first-order chi connectivity index (χ1) is 9.20. The number of nitrogens with two attached hydrogens (primary N) is 1. The molecule has 2 nitrogen and oxygen atoms in total. The predicted molar refractivity (Wildman–Crippen MR) is 80.1 cm³/mol. The van der Waals surface area contributed by atoms with E-state index in [-0.39, 0.29) is 11.9 Å². The monoisotopic (exact) mass is 328 g/mol. The highest BCUT2D eigenvalue weighted by molar-refractivity contribution is 9.10. The van der Waals surface area contributed by atoms with E-state index in [1.165, 1.54) is 44.6 Å². The number of rotatable bonds is 4. The van der Waals surface area contributed by atoms with E-state index in [1.54, 1.807) is 12.1 Å². The van der Waals surface area contributed by atoms with Crippen molar-refractivity contribution in [1.29, 1.82) is 0 Å². The van der Waals surface area contributed by atoms with Crippen molar-refractivity contribution in [2.75, 3.05) is 0 Å². The predicted octanol–water partition coefficient (Wildman–Crippen LogP) is 3.93. The van der Waals surface area contributed by atoms with Crippen molar-refractivity contribution in [1.82, 2.24) is 5.43 Å². The van der Waals surface area contributed by atoms with Crippen LogP contribution in [0.1, 0.15) is 44.1 Å². The molecule has 1 aromatic rings. The second kappa shape index (κ2) is 7.36. The molecule has 1 fully saturated rings. The Labute approximate surface area is 123 Å². The molecule has 0 saturated heterocycles. The van der Waals surface area contributed by atoms with Crippen LogP contribution in [0.5, 0.6) is 0 Å². The minimum absolute atomic E-state index is 0.185. The molecular weight excluding hydrogens is 307 g/mol. The van der Waals surface area contributed by atoms with Crippen LogP contribution in [0.25, 0.3) is 0 Å². The molecule has 4 heteroatoms. The van der Waals surface area contributed by atoms with Gasteiger partial charge in [0.05, 0.1) is 0 Å². The third-order valence-electron chi connectivity index (χ3n) is 4.13. The summed E-state index contributed by atoms with van der Waals surface area (Å²) in [6.45, 7) is 0. The van der Waals surface area contributed by atoms with Crippen LogP contribution in [-0.4, -0.2) is 6.04 Å². The molecule has 0 bridgehead atoms. The molecule has 0 heterocycles. The maximum absolute atomic E-state index is 13.3. The molecule has 0 aliphatic heterocycles. The second-order valence-corrected chi connectivity index (χ2v) is 6.32. The van der Waals surface area contributed by atoms with Crippen LogP contribution in [0.15, 0.2) is 22.7 Å². The molecule has 0 spiro atoms. The Morgan fingerprint density at radius 1 is 1.26 bits per heavy atom. The molecule has 0 amide bonds. The molecule has 1 atom stereocenters. The van der Waals surface area contributed by atoms with Gasteiger partial charge in [0, 0.05) is 10.5 Å². The Morgan fingerprint density at radius 3 is 2.58 bits per heavy atom. The Hall–Kier alpha value is -0.450. The lowest BCUT2D eigenvalue weighted by atomic mass is 9.88. The fraction of sp³-hybridized carbons (Fsp3) is 0.600. The Morgan fingerprint density at radius 2 is 1.95 bits per heavy atom. The van der Waals surface area contributed by atoms with Crippen molar-refractivity contribution in [2.45, 2.75) is 51.0 Å². The quantitative estimate of drug-likeness (QED) is 0.499. The van der Waals surface area contributed by atoms with E-state index < -0.39 is 0 Å². The minimum atomic E-state index is -0.185. The molecule has 1 aromatic carbocycles. The van der Waals surface area contributed by atoms with Crippen LogP contribution in [0.3, 0.4) is 0 Å². The minimum Gasteiger partial charge on any atom is -0.271 e. The van der Waals surface area contributed by atoms with E-state index in [0.717, 1.165) is 16.5 Å². The second-order valence-electron chi connectivity index (χ2n) is 5.46. The lowest BCUT2D eigenvalue weighted by Gasteiger charge is -2.26. The maximum atomic E-state index is 13.3. The third kappa shape index (κ3) is 4.26. The highest BCUT2D eigenvalue weighted by Crippen LogP contribution is 2.28. The molecule has 0 radical (unpaired) electrons. The Kier molecular flexibility index (Phi) is 5.79. The zero-order valence-corrected chi connectivity index (χ0v) is 12.8. The van der Waals surface area contributed by atoms with E-state index in [9.17, 15) is 4.39 Å². The lowest BCUT2D eigenvalue weighted by molar-refractivity contribution is 0.320. The largest absolute Gasteiger partial charge is 0.271 e. The molecule has 106 valence electrons. The summed E-state index contributed by atoms with van der Waals surface area (Å²) in [6, 6.07) is 5.08. The summed E-state index contributed by atoms with van der Waals surface area (Å²) in [5.74, 6) is 6.15. The van der Waals surface area contributed by atoms with E-state index in [0.29, 0.717) is 5.92 Å². The molecule has 19 heavy (non-hydrogen) atoms. The number of benzene rings is 1. The standard InChI is InChI=1S/C15H22BrFN2/c16-14-8-7-13(17)9-12(14)10-15(19-18)11-5-3-1-2-4-6-11/h7-9,11,15,19H,1-6,10,18H2. The summed E-state index contributed by atoms with van der Waals surface area (Å²) in [5, 5.41) is 0. The summed E-state index contributed by atoms with van der Waals surface area (Å²) >= 11 is 3.49. The average Bonchev–Trinajstić information content (AvgIpc) is 2.68. The van der Waals surface area contributed by atoms with Crippen molar-refractivity contribution >= 4 is 15.9 Å². The summed E-state index contributed by atoms with van der Waals surface area (Å²) in [5.41, 5.74) is 3.94. The smallest absolute Gasteiger partial charge is 0.123 e. The van der Waals surface area contributed by atoms with Gasteiger partial charge in [0.15, 0.2) is 0 Å². The van der Waals surface area contributed by atoms with Gasteiger partial charge in [0.1, 0.15) is 5.82 Å². The zero-order valence-electron chi connectivity index (χ0n) is 11.2. The normalized spacial score (nSPS) is 19.1. The summed E-state index contributed by atoms with van der Waals surface area (Å²) in [4.78, 5) is 0. The van der Waals surface area contributed by atoms with Gasteiger partial charge < -0.3 is 0 Å². The van der Waals surface area contributed by atoms with Crippen molar-refractivity contribution in [2.24, 2.45) is 11.8 Å². The van der Waals surface area contributed by atoms with Gasteiger partial charge in [-0.05, 0) is 48.9 Å². The number of hydrazine groups is 1. The first kappa shape index (κ1) is 14.9. The molecule has 0 aromatic heterocycles. The number of nitrogens with one attached hydrogen (secondary N) is 1. The van der Waals surface area contributed by atoms with Gasteiger partial charge in [-0.15, -0.1) is 0 Å². The van der Waals surface area contributed by atoms with E-state index in [1.807, 2.05) is 0 Å². The molecule has 3 N–H and O–H groups in total. The van der Waals surface area contributed by atoms with Crippen molar-refractivity contribution < 1.29 is 4.39 Å². The number of halogens is 2. The van der Waals surface area contributed by atoms with Crippen LogP contribution in [0, 0.1) is 11.7 Å². The van der Waals surface area contributed by atoms with Gasteiger partial charge in [-0.3, -0.25) is 11.3 Å². The van der Waals surface area contributed by atoms with E-state index in [4.69, 9.17) is 5.84 Å². The van der Waals surface area contributed by atoms with E-state index >= 15 is 0 Å². The first-order valence-electron chi connectivity index (χ1n) is 7.10. The SMILES string of the molecule is NNC(Cc1cc(F)ccc1Br)C1CCCCCC1. The van der Waals surface area contributed by atoms with Crippen LogP contribution in [-0.2, 0) is 6.42 Å². The molecule has 1 saturated carbocycles. The van der Waals surface area contributed by atoms with Crippen molar-refractivity contribution in [3.05, 3.63) is 34.1 Å². The first-order valence-corrected chi connectivity index (χ1v) is 7.90. The molecule has 1 unspecified atom stereocenters. The fourth-order valence-electron chi connectivity index (χ4n) is 3.01. The fourth-order valence-corrected chi connectivity index (χ4v) is 3.42. The summed E-state index contributed by atoms with van der Waals surface area (Å²) in [7, 11) is 0. The number of hydrogen-bond donors (Lipinski definition) is 2. The van der Waals surface area contributed by atoms with Gasteiger partial charge in [-0.25, -0.2) is 4.39 Å². The van der Waals surface area contributed by atoms with Crippen LogP contribution in [0.4, 0.5) is 4.39 Å². The summed E-state index contributed by atoms with van der Waals surface area (Å²) in [6.07, 6.45) is 8.46. The highest BCUT2D eigenvalue weighted by Gasteiger charge is 2.22. The molecule has 1 aliphatic carbocycles. The zero-order chi connectivity index (χ0) is 13.7. The molecular formula is C15H22BrFN2. The van der Waals surface area contributed by atoms with Crippen molar-refractivity contribution in [3.8, 4) is 0 Å². The lowest BCUT2D eigenvalue weighted by Crippen LogP contribution is -2.42. The average molecular weight is 329 g/mol. The van der Waals surface area contributed by atoms with Gasteiger partial charge in [0.25, 0.3) is 0 Å². The Bertz CT molecular complexity index is 403. The van der Waals surface area contributed by atoms with Gasteiger partial charge in [-0.2, -0.15) is 0 Å². The van der Waals surface area contributed by atoms with Crippen LogP contribution in [0.2, 0.25) is 0 Å². The molecule has 1 aliphatic rings. The van der Waals surface area contributed by atoms with Gasteiger partial charge in [-0.1, -0.05) is 41.6 Å². The maximum Gasteiger partial charge on any atom is 0.123 e. The van der Waals surface area contributed by atoms with E-state index in [2.05, 4.69) is 21.4 Å². The van der Waals surface area contributed by atoms with Crippen LogP contribution >= 0.6 is 15.9 Å². The summed E-state index contributed by atoms with van der Waals surface area (Å²) < 4.78 is 14.3. The van der Waals surface area contributed by atoms with Gasteiger partial charge >= 0.3 is 0 Å². The van der Waals surface area contributed by atoms with Gasteiger partial charge in [0.2, 0.25) is 0 Å². The molecule has 2 rings (SSSR count). The Balaban J connectivity index is 2.07. The number of hydrogen-bond acceptors (Lipinski definition) is 2. The van der Waals surface area contributed by atoms with Crippen LogP contribution < -0.4 is 11.3 Å². The highest BCUT2D eigenvalue weighted by atomic mass is 79.9. The van der Waals surface area contributed by atoms with Crippen molar-refractivity contribution in [3.63, 3.8) is 0 Å².